The van der Waals surface area contributed by atoms with Crippen LogP contribution in [0.3, 0.4) is 0 Å². The fraction of sp³-hybridized carbons (Fsp3) is 0.0167. The van der Waals surface area contributed by atoms with Crippen LogP contribution in [0.15, 0.2) is 261 Å². The molecule has 11 rings (SSSR count). The number of anilines is 6. The zero-order valence-electron chi connectivity index (χ0n) is 34.7. The van der Waals surface area contributed by atoms with Crippen LogP contribution in [0.4, 0.5) is 34.1 Å². The molecule has 0 fully saturated rings. The fourth-order valence-electron chi connectivity index (χ4n) is 9.54. The van der Waals surface area contributed by atoms with Gasteiger partial charge in [0, 0.05) is 35.1 Å². The maximum atomic E-state index is 4.37. The minimum absolute atomic E-state index is 0.565. The molecule has 1 aliphatic rings. The van der Waals surface area contributed by atoms with Crippen molar-refractivity contribution in [3.63, 3.8) is 0 Å². The van der Waals surface area contributed by atoms with Gasteiger partial charge in [0.05, 0.1) is 16.8 Å². The molecule has 3 heteroatoms. The van der Waals surface area contributed by atoms with Crippen LogP contribution in [0, 0.1) is 0 Å². The summed E-state index contributed by atoms with van der Waals surface area (Å²) >= 11 is 0. The molecule has 0 aliphatic carbocycles. The first-order valence-corrected chi connectivity index (χ1v) is 21.5. The summed E-state index contributed by atoms with van der Waals surface area (Å²) in [6, 6.07) is 90.1. The normalized spacial score (nSPS) is 12.5. The van der Waals surface area contributed by atoms with Gasteiger partial charge in [-0.25, -0.2) is 0 Å². The molecule has 9 aromatic carbocycles. The maximum absolute atomic E-state index is 4.37. The number of hydrogen-bond acceptors (Lipinski definition) is 3. The zero-order valence-corrected chi connectivity index (χ0v) is 34.7. The smallest absolute Gasteiger partial charge is 0.0742 e. The molecule has 0 atom stereocenters. The largest absolute Gasteiger partial charge is 0.310 e. The second kappa shape index (κ2) is 16.3. The predicted octanol–water partition coefficient (Wildman–Crippen LogP) is 15.7. The van der Waals surface area contributed by atoms with Crippen LogP contribution in [-0.4, -0.2) is 4.98 Å². The number of benzene rings is 9. The van der Waals surface area contributed by atoms with Crippen LogP contribution >= 0.6 is 0 Å². The Kier molecular flexibility index (Phi) is 9.76. The molecule has 1 aliphatic heterocycles. The van der Waals surface area contributed by atoms with E-state index in [1.165, 1.54) is 33.4 Å². The van der Waals surface area contributed by atoms with Gasteiger partial charge >= 0.3 is 0 Å². The molecule has 0 amide bonds. The molecule has 0 N–H and O–H groups in total. The summed E-state index contributed by atoms with van der Waals surface area (Å²) in [5.41, 5.74) is 17.9. The average molecular weight is 806 g/mol. The van der Waals surface area contributed by atoms with Gasteiger partial charge in [-0.3, -0.25) is 4.98 Å². The molecule has 0 bridgehead atoms. The van der Waals surface area contributed by atoms with Crippen LogP contribution in [0.2, 0.25) is 0 Å². The van der Waals surface area contributed by atoms with E-state index < -0.39 is 5.41 Å². The molecule has 0 saturated heterocycles. The van der Waals surface area contributed by atoms with Gasteiger partial charge in [-0.1, -0.05) is 182 Å². The molecular weight excluding hydrogens is 763 g/mol. The second-order valence-electron chi connectivity index (χ2n) is 16.0. The number of pyridine rings is 1. The lowest BCUT2D eigenvalue weighted by Gasteiger charge is -2.46. The van der Waals surface area contributed by atoms with Crippen molar-refractivity contribution in [2.75, 3.05) is 9.80 Å². The third kappa shape index (κ3) is 6.77. The fourth-order valence-corrected chi connectivity index (χ4v) is 9.54. The van der Waals surface area contributed by atoms with Crippen molar-refractivity contribution in [3.8, 4) is 33.4 Å². The van der Waals surface area contributed by atoms with Crippen LogP contribution in [0.1, 0.15) is 22.3 Å². The molecule has 0 saturated carbocycles. The Morgan fingerprint density at radius 2 is 0.825 bits per heavy atom. The Morgan fingerprint density at radius 3 is 1.46 bits per heavy atom. The first kappa shape index (κ1) is 37.7. The van der Waals surface area contributed by atoms with Gasteiger partial charge in [0.25, 0.3) is 0 Å². The number of rotatable bonds is 9. The Balaban J connectivity index is 1.08. The number of hydrogen-bond donors (Lipinski definition) is 0. The summed E-state index contributed by atoms with van der Waals surface area (Å²) in [7, 11) is 0. The van der Waals surface area contributed by atoms with E-state index in [9.17, 15) is 0 Å². The molecule has 0 spiro atoms. The lowest BCUT2D eigenvalue weighted by molar-refractivity contribution is 0.731. The monoisotopic (exact) mass is 805 g/mol. The van der Waals surface area contributed by atoms with E-state index in [0.717, 1.165) is 56.4 Å². The molecule has 63 heavy (non-hydrogen) atoms. The molecule has 2 heterocycles. The third-order valence-electron chi connectivity index (χ3n) is 12.4. The van der Waals surface area contributed by atoms with E-state index in [2.05, 4.69) is 257 Å². The van der Waals surface area contributed by atoms with E-state index in [-0.39, 0.29) is 0 Å². The predicted molar refractivity (Wildman–Crippen MR) is 262 cm³/mol. The van der Waals surface area contributed by atoms with E-state index in [1.807, 2.05) is 18.5 Å². The van der Waals surface area contributed by atoms with Crippen LogP contribution < -0.4 is 9.80 Å². The van der Waals surface area contributed by atoms with Crippen molar-refractivity contribution in [3.05, 3.63) is 283 Å². The second-order valence-corrected chi connectivity index (χ2v) is 16.0. The van der Waals surface area contributed by atoms with Gasteiger partial charge in [-0.2, -0.15) is 0 Å². The van der Waals surface area contributed by atoms with Crippen molar-refractivity contribution in [1.82, 2.24) is 4.98 Å². The summed E-state index contributed by atoms with van der Waals surface area (Å²) in [4.78, 5) is 9.17. The van der Waals surface area contributed by atoms with Gasteiger partial charge in [0.1, 0.15) is 0 Å². The van der Waals surface area contributed by atoms with Crippen LogP contribution in [0.5, 0.6) is 0 Å². The molecule has 298 valence electrons. The SMILES string of the molecule is c1ccc(-c2ccc(N(c3ccc(-c4cccnc4)cc3)c3cccc(-c4ccc5c(c4)N(c4ccccc4)c4ccccc4C5(c4ccccc4)c4ccccc4)c3)cc2)cc1. The first-order valence-electron chi connectivity index (χ1n) is 21.5. The first-order chi connectivity index (χ1) is 31.3. The van der Waals surface area contributed by atoms with Gasteiger partial charge in [0.15, 0.2) is 0 Å². The van der Waals surface area contributed by atoms with Gasteiger partial charge in [0.2, 0.25) is 0 Å². The van der Waals surface area contributed by atoms with E-state index in [4.69, 9.17) is 0 Å². The van der Waals surface area contributed by atoms with Gasteiger partial charge < -0.3 is 9.80 Å². The standard InChI is InChI=1S/C60H43N3/c1-5-17-44(18-6-1)45-30-35-53(36-31-45)62(54-37-32-46(33-38-54)49-20-16-40-61-43-49)55-27-15-19-47(41-55)48-34-39-57-59(42-48)63(52-25-11-4-12-26-52)58-29-14-13-28-56(58)60(57,50-21-7-2-8-22-50)51-23-9-3-10-24-51/h1-43H. The maximum Gasteiger partial charge on any atom is 0.0742 e. The number of fused-ring (bicyclic) bond motifs is 2. The Hall–Kier alpha value is -8.27. The van der Waals surface area contributed by atoms with Crippen LogP contribution in [0.25, 0.3) is 33.4 Å². The lowest BCUT2D eigenvalue weighted by atomic mass is 9.62. The van der Waals surface area contributed by atoms with Crippen molar-refractivity contribution in [2.24, 2.45) is 0 Å². The molecule has 0 radical (unpaired) electrons. The summed E-state index contributed by atoms with van der Waals surface area (Å²) in [6.45, 7) is 0. The molecular formula is C60H43N3. The highest BCUT2D eigenvalue weighted by Gasteiger charge is 2.46. The highest BCUT2D eigenvalue weighted by atomic mass is 15.2. The molecule has 10 aromatic rings. The summed E-state index contributed by atoms with van der Waals surface area (Å²) in [5.74, 6) is 0. The molecule has 3 nitrogen and oxygen atoms in total. The summed E-state index contributed by atoms with van der Waals surface area (Å²) < 4.78 is 0. The topological polar surface area (TPSA) is 19.4 Å². The Labute approximate surface area is 369 Å². The van der Waals surface area contributed by atoms with Crippen molar-refractivity contribution in [2.45, 2.75) is 5.41 Å². The van der Waals surface area contributed by atoms with Crippen molar-refractivity contribution in [1.29, 1.82) is 0 Å². The molecule has 0 unspecified atom stereocenters. The molecule has 1 aromatic heterocycles. The summed E-state index contributed by atoms with van der Waals surface area (Å²) in [5, 5.41) is 0. The van der Waals surface area contributed by atoms with E-state index in [0.29, 0.717) is 0 Å². The van der Waals surface area contributed by atoms with Crippen molar-refractivity contribution < 1.29 is 0 Å². The number of para-hydroxylation sites is 2. The quantitative estimate of drug-likeness (QED) is 0.145. The minimum atomic E-state index is -0.565. The summed E-state index contributed by atoms with van der Waals surface area (Å²) in [6.07, 6.45) is 3.73. The zero-order chi connectivity index (χ0) is 42.0. The highest BCUT2D eigenvalue weighted by Crippen LogP contribution is 2.58. The number of aromatic nitrogens is 1. The third-order valence-corrected chi connectivity index (χ3v) is 12.4. The van der Waals surface area contributed by atoms with E-state index >= 15 is 0 Å². The highest BCUT2D eigenvalue weighted by molar-refractivity contribution is 5.92. The lowest BCUT2D eigenvalue weighted by Crippen LogP contribution is -2.37. The average Bonchev–Trinajstić information content (AvgIpc) is 3.37. The van der Waals surface area contributed by atoms with E-state index in [1.54, 1.807) is 0 Å². The number of nitrogens with zero attached hydrogens (tertiary/aromatic N) is 3. The Bertz CT molecular complexity index is 3010. The minimum Gasteiger partial charge on any atom is -0.310 e. The van der Waals surface area contributed by atoms with Gasteiger partial charge in [-0.15, -0.1) is 0 Å². The van der Waals surface area contributed by atoms with Crippen molar-refractivity contribution >= 4 is 34.1 Å². The Morgan fingerprint density at radius 1 is 0.333 bits per heavy atom. The van der Waals surface area contributed by atoms with Gasteiger partial charge in [-0.05, 0) is 122 Å². The van der Waals surface area contributed by atoms with Crippen LogP contribution in [-0.2, 0) is 5.41 Å².